The van der Waals surface area contributed by atoms with Crippen LogP contribution in [0.15, 0.2) is 43.0 Å². The first kappa shape index (κ1) is 13.8. The van der Waals surface area contributed by atoms with Crippen LogP contribution >= 0.6 is 0 Å². The molecule has 2 rings (SSSR count). The van der Waals surface area contributed by atoms with Crippen molar-refractivity contribution in [3.05, 3.63) is 48.6 Å². The van der Waals surface area contributed by atoms with Crippen molar-refractivity contribution in [3.8, 4) is 0 Å². The molecule has 1 saturated carbocycles. The van der Waals surface area contributed by atoms with E-state index in [-0.39, 0.29) is 17.9 Å². The third-order valence-corrected chi connectivity index (χ3v) is 3.70. The fourth-order valence-corrected chi connectivity index (χ4v) is 2.69. The van der Waals surface area contributed by atoms with Crippen LogP contribution < -0.4 is 5.73 Å². The standard InChI is InChI=1S/C16H22N2O/c1-2-10-18(12-13-6-4-3-5-7-13)16(19)14-8-9-15(17)11-14/h2-7,14-15H,1,8-12,17H2. The summed E-state index contributed by atoms with van der Waals surface area (Å²) >= 11 is 0. The van der Waals surface area contributed by atoms with Gasteiger partial charge < -0.3 is 10.6 Å². The van der Waals surface area contributed by atoms with Gasteiger partial charge in [0.25, 0.3) is 0 Å². The van der Waals surface area contributed by atoms with Gasteiger partial charge in [0, 0.05) is 25.0 Å². The first-order chi connectivity index (χ1) is 9.20. The van der Waals surface area contributed by atoms with Crippen LogP contribution in [0, 0.1) is 5.92 Å². The highest BCUT2D eigenvalue weighted by Crippen LogP contribution is 2.26. The summed E-state index contributed by atoms with van der Waals surface area (Å²) in [7, 11) is 0. The quantitative estimate of drug-likeness (QED) is 0.824. The van der Waals surface area contributed by atoms with Crippen LogP contribution in [0.4, 0.5) is 0 Å². The maximum atomic E-state index is 12.5. The zero-order valence-electron chi connectivity index (χ0n) is 11.3. The average molecular weight is 258 g/mol. The Morgan fingerprint density at radius 1 is 1.37 bits per heavy atom. The van der Waals surface area contributed by atoms with Crippen LogP contribution in [-0.4, -0.2) is 23.4 Å². The molecule has 1 aliphatic rings. The Hall–Kier alpha value is -1.61. The highest BCUT2D eigenvalue weighted by molar-refractivity contribution is 5.79. The first-order valence-corrected chi connectivity index (χ1v) is 6.90. The lowest BCUT2D eigenvalue weighted by atomic mass is 10.1. The van der Waals surface area contributed by atoms with Gasteiger partial charge in [0.2, 0.25) is 5.91 Å². The molecule has 3 nitrogen and oxygen atoms in total. The zero-order chi connectivity index (χ0) is 13.7. The molecule has 0 aliphatic heterocycles. The third kappa shape index (κ3) is 3.67. The van der Waals surface area contributed by atoms with Gasteiger partial charge in [0.15, 0.2) is 0 Å². The summed E-state index contributed by atoms with van der Waals surface area (Å²) in [4.78, 5) is 14.4. The molecule has 1 fully saturated rings. The number of benzene rings is 1. The summed E-state index contributed by atoms with van der Waals surface area (Å²) in [6.45, 7) is 4.99. The van der Waals surface area contributed by atoms with Gasteiger partial charge in [-0.15, -0.1) is 6.58 Å². The molecule has 0 aromatic heterocycles. The van der Waals surface area contributed by atoms with Crippen LogP contribution in [0.3, 0.4) is 0 Å². The van der Waals surface area contributed by atoms with Crippen LogP contribution in [0.1, 0.15) is 24.8 Å². The number of hydrogen-bond donors (Lipinski definition) is 1. The molecule has 19 heavy (non-hydrogen) atoms. The minimum atomic E-state index is 0.0960. The molecule has 0 heterocycles. The average Bonchev–Trinajstić information content (AvgIpc) is 2.85. The molecule has 0 saturated heterocycles. The van der Waals surface area contributed by atoms with Crippen LogP contribution in [0.5, 0.6) is 0 Å². The predicted octanol–water partition coefficient (Wildman–Crippen LogP) is 2.33. The number of nitrogens with zero attached hydrogens (tertiary/aromatic N) is 1. The van der Waals surface area contributed by atoms with Crippen molar-refractivity contribution in [1.29, 1.82) is 0 Å². The summed E-state index contributed by atoms with van der Waals surface area (Å²) in [5.74, 6) is 0.315. The highest BCUT2D eigenvalue weighted by Gasteiger charge is 2.30. The SMILES string of the molecule is C=CCN(Cc1ccccc1)C(=O)C1CCC(N)C1. The summed E-state index contributed by atoms with van der Waals surface area (Å²) in [6.07, 6.45) is 4.49. The topological polar surface area (TPSA) is 46.3 Å². The molecule has 2 N–H and O–H groups in total. The van der Waals surface area contributed by atoms with Crippen LogP contribution in [-0.2, 0) is 11.3 Å². The van der Waals surface area contributed by atoms with Gasteiger partial charge in [-0.3, -0.25) is 4.79 Å². The van der Waals surface area contributed by atoms with Gasteiger partial charge >= 0.3 is 0 Å². The number of carbonyl (C=O) groups is 1. The van der Waals surface area contributed by atoms with E-state index in [0.29, 0.717) is 13.1 Å². The Kier molecular flexibility index (Phi) is 4.74. The number of nitrogens with two attached hydrogens (primary N) is 1. The van der Waals surface area contributed by atoms with Gasteiger partial charge in [-0.05, 0) is 24.8 Å². The van der Waals surface area contributed by atoms with E-state index in [0.717, 1.165) is 24.8 Å². The van der Waals surface area contributed by atoms with Crippen molar-refractivity contribution in [3.63, 3.8) is 0 Å². The molecular weight excluding hydrogens is 236 g/mol. The molecule has 2 atom stereocenters. The summed E-state index contributed by atoms with van der Waals surface area (Å²) in [6, 6.07) is 10.3. The fraction of sp³-hybridized carbons (Fsp3) is 0.438. The van der Waals surface area contributed by atoms with Gasteiger partial charge in [0.05, 0.1) is 0 Å². The Labute approximate surface area is 115 Å². The van der Waals surface area contributed by atoms with Gasteiger partial charge in [-0.2, -0.15) is 0 Å². The lowest BCUT2D eigenvalue weighted by Crippen LogP contribution is -2.35. The molecule has 0 bridgehead atoms. The van der Waals surface area contributed by atoms with Crippen LogP contribution in [0.25, 0.3) is 0 Å². The number of amides is 1. The number of hydrogen-bond acceptors (Lipinski definition) is 2. The molecule has 102 valence electrons. The maximum Gasteiger partial charge on any atom is 0.226 e. The molecule has 1 amide bonds. The second-order valence-corrected chi connectivity index (χ2v) is 5.26. The van der Waals surface area contributed by atoms with Gasteiger partial charge in [-0.25, -0.2) is 0 Å². The predicted molar refractivity (Wildman–Crippen MR) is 77.4 cm³/mol. The van der Waals surface area contributed by atoms with E-state index in [9.17, 15) is 4.79 Å². The Bertz CT molecular complexity index is 430. The smallest absolute Gasteiger partial charge is 0.226 e. The van der Waals surface area contributed by atoms with Gasteiger partial charge in [0.1, 0.15) is 0 Å². The second kappa shape index (κ2) is 6.53. The van der Waals surface area contributed by atoms with Crippen LogP contribution in [0.2, 0.25) is 0 Å². The van der Waals surface area contributed by atoms with Crippen molar-refractivity contribution in [2.75, 3.05) is 6.54 Å². The molecular formula is C16H22N2O. The molecule has 2 unspecified atom stereocenters. The summed E-state index contributed by atoms with van der Waals surface area (Å²) < 4.78 is 0. The third-order valence-electron chi connectivity index (χ3n) is 3.70. The minimum absolute atomic E-state index is 0.0960. The summed E-state index contributed by atoms with van der Waals surface area (Å²) in [5.41, 5.74) is 7.05. The first-order valence-electron chi connectivity index (χ1n) is 6.90. The van der Waals surface area contributed by atoms with E-state index < -0.39 is 0 Å². The lowest BCUT2D eigenvalue weighted by Gasteiger charge is -2.24. The van der Waals surface area contributed by atoms with Crippen molar-refractivity contribution in [1.82, 2.24) is 4.90 Å². The van der Waals surface area contributed by atoms with E-state index in [2.05, 4.69) is 6.58 Å². The molecule has 1 aromatic carbocycles. The largest absolute Gasteiger partial charge is 0.334 e. The Balaban J connectivity index is 2.03. The second-order valence-electron chi connectivity index (χ2n) is 5.26. The normalized spacial score (nSPS) is 22.2. The lowest BCUT2D eigenvalue weighted by molar-refractivity contribution is -0.135. The van der Waals surface area contributed by atoms with E-state index in [4.69, 9.17) is 5.73 Å². The van der Waals surface area contributed by atoms with Crippen molar-refractivity contribution >= 4 is 5.91 Å². The molecule has 0 spiro atoms. The highest BCUT2D eigenvalue weighted by atomic mass is 16.2. The molecule has 1 aliphatic carbocycles. The molecule has 1 aromatic rings. The Morgan fingerprint density at radius 3 is 2.68 bits per heavy atom. The van der Waals surface area contributed by atoms with Crippen molar-refractivity contribution in [2.45, 2.75) is 31.8 Å². The van der Waals surface area contributed by atoms with E-state index in [1.165, 1.54) is 0 Å². The van der Waals surface area contributed by atoms with E-state index >= 15 is 0 Å². The molecule has 0 radical (unpaired) electrons. The van der Waals surface area contributed by atoms with Gasteiger partial charge in [-0.1, -0.05) is 36.4 Å². The maximum absolute atomic E-state index is 12.5. The van der Waals surface area contributed by atoms with E-state index in [1.54, 1.807) is 6.08 Å². The fourth-order valence-electron chi connectivity index (χ4n) is 2.69. The number of carbonyl (C=O) groups excluding carboxylic acids is 1. The monoisotopic (exact) mass is 258 g/mol. The zero-order valence-corrected chi connectivity index (χ0v) is 11.3. The van der Waals surface area contributed by atoms with Crippen molar-refractivity contribution in [2.24, 2.45) is 11.7 Å². The molecule has 3 heteroatoms. The number of rotatable bonds is 5. The Morgan fingerprint density at radius 2 is 2.11 bits per heavy atom. The minimum Gasteiger partial charge on any atom is -0.334 e. The van der Waals surface area contributed by atoms with E-state index in [1.807, 2.05) is 35.2 Å². The summed E-state index contributed by atoms with van der Waals surface area (Å²) in [5, 5.41) is 0. The van der Waals surface area contributed by atoms with Crippen molar-refractivity contribution < 1.29 is 4.79 Å².